The molecule has 0 atom stereocenters. The molecule has 0 N–H and O–H groups in total. The second-order valence-corrected chi connectivity index (χ2v) is 3.37. The molecule has 0 aliphatic carbocycles. The highest BCUT2D eigenvalue weighted by molar-refractivity contribution is 6.30. The maximum atomic E-state index is 5.89. The van der Waals surface area contributed by atoms with Gasteiger partial charge in [-0.1, -0.05) is 48.0 Å². The number of hydrogen-bond acceptors (Lipinski definition) is 2. The molecule has 0 saturated carbocycles. The van der Waals surface area contributed by atoms with Gasteiger partial charge in [0.05, 0.1) is 0 Å². The molecular weight excluding hydrogens is 208 g/mol. The quantitative estimate of drug-likeness (QED) is 0.720. The van der Waals surface area contributed by atoms with E-state index in [0.29, 0.717) is 5.15 Å². The molecule has 1 heterocycles. The Labute approximate surface area is 93.3 Å². The average molecular weight is 217 g/mol. The van der Waals surface area contributed by atoms with Crippen LogP contribution in [0.25, 0.3) is 12.2 Å². The molecule has 0 saturated heterocycles. The monoisotopic (exact) mass is 216 g/mol. The summed E-state index contributed by atoms with van der Waals surface area (Å²) in [6, 6.07) is 10.0. The highest BCUT2D eigenvalue weighted by Crippen LogP contribution is 2.13. The van der Waals surface area contributed by atoms with Crippen LogP contribution in [0.15, 0.2) is 42.9 Å². The fourth-order valence-electron chi connectivity index (χ4n) is 1.19. The predicted molar refractivity (Wildman–Crippen MR) is 62.4 cm³/mol. The molecule has 1 aromatic heterocycles. The maximum Gasteiger partial charge on any atom is 0.139 e. The first-order valence-corrected chi connectivity index (χ1v) is 4.93. The second-order valence-electron chi connectivity index (χ2n) is 3.01. The molecule has 0 fully saturated rings. The van der Waals surface area contributed by atoms with E-state index in [0.717, 1.165) is 11.1 Å². The van der Waals surface area contributed by atoms with Gasteiger partial charge in [0.25, 0.3) is 0 Å². The van der Waals surface area contributed by atoms with E-state index in [1.54, 1.807) is 6.20 Å². The third-order valence-corrected chi connectivity index (χ3v) is 2.26. The molecule has 0 amide bonds. The molecule has 0 aliphatic rings. The van der Waals surface area contributed by atoms with Crippen LogP contribution in [0.1, 0.15) is 11.1 Å². The fraction of sp³-hybridized carbons (Fsp3) is 0. The summed E-state index contributed by atoms with van der Waals surface area (Å²) in [6.07, 6.45) is 7.00. The molecule has 2 aromatic rings. The maximum absolute atomic E-state index is 5.89. The first kappa shape index (κ1) is 9.87. The van der Waals surface area contributed by atoms with Gasteiger partial charge in [0, 0.05) is 11.8 Å². The molecule has 15 heavy (non-hydrogen) atoms. The van der Waals surface area contributed by atoms with Crippen LogP contribution in [-0.4, -0.2) is 9.97 Å². The molecule has 0 unspecified atom stereocenters. The topological polar surface area (TPSA) is 25.8 Å². The number of halogens is 1. The molecule has 0 spiro atoms. The van der Waals surface area contributed by atoms with E-state index in [2.05, 4.69) is 9.97 Å². The van der Waals surface area contributed by atoms with Gasteiger partial charge in [-0.15, -0.1) is 0 Å². The van der Waals surface area contributed by atoms with Crippen molar-refractivity contribution in [2.75, 3.05) is 0 Å². The number of hydrogen-bond donors (Lipinski definition) is 0. The number of rotatable bonds is 2. The highest BCUT2D eigenvalue weighted by atomic mass is 35.5. The molecule has 74 valence electrons. The van der Waals surface area contributed by atoms with Crippen molar-refractivity contribution in [1.82, 2.24) is 9.97 Å². The van der Waals surface area contributed by atoms with Crippen molar-refractivity contribution < 1.29 is 0 Å². The summed E-state index contributed by atoms with van der Waals surface area (Å²) in [5.74, 6) is 0. The average Bonchev–Trinajstić information content (AvgIpc) is 2.29. The summed E-state index contributed by atoms with van der Waals surface area (Å²) >= 11 is 5.89. The Morgan fingerprint density at radius 3 is 2.60 bits per heavy atom. The van der Waals surface area contributed by atoms with Crippen molar-refractivity contribution in [3.05, 3.63) is 59.1 Å². The van der Waals surface area contributed by atoms with Crippen LogP contribution in [0.3, 0.4) is 0 Å². The van der Waals surface area contributed by atoms with Crippen molar-refractivity contribution in [3.63, 3.8) is 0 Å². The van der Waals surface area contributed by atoms with E-state index in [9.17, 15) is 0 Å². The summed E-state index contributed by atoms with van der Waals surface area (Å²) in [5.41, 5.74) is 1.94. The lowest BCUT2D eigenvalue weighted by Crippen LogP contribution is -1.82. The number of benzene rings is 1. The van der Waals surface area contributed by atoms with Crippen LogP contribution in [0.4, 0.5) is 0 Å². The zero-order valence-electron chi connectivity index (χ0n) is 7.97. The molecule has 3 heteroatoms. The Morgan fingerprint density at radius 1 is 1.07 bits per heavy atom. The standard InChI is InChI=1S/C12H9ClN2/c13-12-11(8-14-9-15-12)7-6-10-4-2-1-3-5-10/h1-9H/b7-6+. The van der Waals surface area contributed by atoms with E-state index >= 15 is 0 Å². The van der Waals surface area contributed by atoms with Crippen molar-refractivity contribution in [2.45, 2.75) is 0 Å². The van der Waals surface area contributed by atoms with Gasteiger partial charge >= 0.3 is 0 Å². The molecule has 2 rings (SSSR count). The summed E-state index contributed by atoms with van der Waals surface area (Å²) in [7, 11) is 0. The number of nitrogens with zero attached hydrogens (tertiary/aromatic N) is 2. The van der Waals surface area contributed by atoms with Crippen LogP contribution in [-0.2, 0) is 0 Å². The lowest BCUT2D eigenvalue weighted by atomic mass is 10.2. The van der Waals surface area contributed by atoms with Crippen LogP contribution >= 0.6 is 11.6 Å². The summed E-state index contributed by atoms with van der Waals surface area (Å²) in [6.45, 7) is 0. The smallest absolute Gasteiger partial charge is 0.139 e. The van der Waals surface area contributed by atoms with Crippen molar-refractivity contribution >= 4 is 23.8 Å². The van der Waals surface area contributed by atoms with Crippen molar-refractivity contribution in [3.8, 4) is 0 Å². The van der Waals surface area contributed by atoms with Gasteiger partial charge in [-0.05, 0) is 11.6 Å². The highest BCUT2D eigenvalue weighted by Gasteiger charge is 1.95. The molecule has 0 aliphatic heterocycles. The van der Waals surface area contributed by atoms with E-state index < -0.39 is 0 Å². The Balaban J connectivity index is 2.23. The SMILES string of the molecule is Clc1ncncc1/C=C/c1ccccc1. The van der Waals surface area contributed by atoms with Gasteiger partial charge in [0.1, 0.15) is 11.5 Å². The summed E-state index contributed by atoms with van der Waals surface area (Å²) in [5, 5.41) is 0.470. The summed E-state index contributed by atoms with van der Waals surface area (Å²) in [4.78, 5) is 7.81. The minimum absolute atomic E-state index is 0.470. The minimum atomic E-state index is 0.470. The summed E-state index contributed by atoms with van der Waals surface area (Å²) < 4.78 is 0. The van der Waals surface area contributed by atoms with Gasteiger partial charge in [-0.2, -0.15) is 0 Å². The Kier molecular flexibility index (Phi) is 3.10. The van der Waals surface area contributed by atoms with Crippen molar-refractivity contribution in [2.24, 2.45) is 0 Å². The Bertz CT molecular complexity index is 466. The van der Waals surface area contributed by atoms with E-state index in [1.165, 1.54) is 6.33 Å². The number of aromatic nitrogens is 2. The Morgan fingerprint density at radius 2 is 1.87 bits per heavy atom. The van der Waals surface area contributed by atoms with Crippen LogP contribution in [0.2, 0.25) is 5.15 Å². The van der Waals surface area contributed by atoms with Gasteiger partial charge < -0.3 is 0 Å². The van der Waals surface area contributed by atoms with Gasteiger partial charge in [-0.25, -0.2) is 9.97 Å². The van der Waals surface area contributed by atoms with Gasteiger partial charge in [0.2, 0.25) is 0 Å². The van der Waals surface area contributed by atoms with Crippen molar-refractivity contribution in [1.29, 1.82) is 0 Å². The van der Waals surface area contributed by atoms with Crippen LogP contribution in [0.5, 0.6) is 0 Å². The second kappa shape index (κ2) is 4.71. The zero-order chi connectivity index (χ0) is 10.5. The zero-order valence-corrected chi connectivity index (χ0v) is 8.72. The molecule has 2 nitrogen and oxygen atoms in total. The lowest BCUT2D eigenvalue weighted by Gasteiger charge is -1.95. The fourth-order valence-corrected chi connectivity index (χ4v) is 1.34. The van der Waals surface area contributed by atoms with E-state index in [-0.39, 0.29) is 0 Å². The molecular formula is C12H9ClN2. The Hall–Kier alpha value is -1.67. The molecule has 0 radical (unpaired) electrons. The van der Waals surface area contributed by atoms with E-state index in [1.807, 2.05) is 42.5 Å². The predicted octanol–water partition coefficient (Wildman–Crippen LogP) is 3.30. The van der Waals surface area contributed by atoms with Gasteiger partial charge in [0.15, 0.2) is 0 Å². The molecule has 1 aromatic carbocycles. The van der Waals surface area contributed by atoms with Crippen LogP contribution in [0, 0.1) is 0 Å². The van der Waals surface area contributed by atoms with Gasteiger partial charge in [-0.3, -0.25) is 0 Å². The van der Waals surface area contributed by atoms with Crippen LogP contribution < -0.4 is 0 Å². The minimum Gasteiger partial charge on any atom is -0.244 e. The lowest BCUT2D eigenvalue weighted by molar-refractivity contribution is 1.16. The largest absolute Gasteiger partial charge is 0.244 e. The third kappa shape index (κ3) is 2.64. The normalized spacial score (nSPS) is 10.7. The first-order valence-electron chi connectivity index (χ1n) is 4.55. The first-order chi connectivity index (χ1) is 7.36. The molecule has 0 bridgehead atoms. The third-order valence-electron chi connectivity index (χ3n) is 1.94. The van der Waals surface area contributed by atoms with E-state index in [4.69, 9.17) is 11.6 Å².